The first kappa shape index (κ1) is 19.5. The first-order valence-corrected chi connectivity index (χ1v) is 9.16. The van der Waals surface area contributed by atoms with Crippen LogP contribution in [0, 0.1) is 0 Å². The maximum absolute atomic E-state index is 5.97. The van der Waals surface area contributed by atoms with E-state index < -0.39 is 0 Å². The zero-order valence-corrected chi connectivity index (χ0v) is 16.6. The molecule has 1 aromatic carbocycles. The van der Waals surface area contributed by atoms with Crippen molar-refractivity contribution in [3.05, 3.63) is 45.2 Å². The molecule has 0 N–H and O–H groups in total. The van der Waals surface area contributed by atoms with Gasteiger partial charge in [0.15, 0.2) is 16.1 Å². The molecule has 0 aliphatic rings. The molecule has 0 radical (unpaired) electrons. The molecule has 0 fully saturated rings. The summed E-state index contributed by atoms with van der Waals surface area (Å²) in [5.74, 6) is 0.479. The fourth-order valence-corrected chi connectivity index (χ4v) is 3.19. The summed E-state index contributed by atoms with van der Waals surface area (Å²) in [6.45, 7) is 9.95. The van der Waals surface area contributed by atoms with Crippen LogP contribution in [-0.2, 0) is 6.42 Å². The zero-order chi connectivity index (χ0) is 17.9. The monoisotopic (exact) mass is 385 g/mol. The largest absolute Gasteiger partial charge is 0.298 e. The molecule has 1 heterocycles. The van der Waals surface area contributed by atoms with Gasteiger partial charge >= 0.3 is 0 Å². The van der Waals surface area contributed by atoms with Gasteiger partial charge in [-0.1, -0.05) is 59.1 Å². The number of hydrogen-bond donors (Lipinski definition) is 0. The van der Waals surface area contributed by atoms with Gasteiger partial charge in [-0.3, -0.25) is 4.90 Å². The second-order valence-corrected chi connectivity index (χ2v) is 7.41. The van der Waals surface area contributed by atoms with Crippen LogP contribution < -0.4 is 0 Å². The van der Waals surface area contributed by atoms with E-state index in [-0.39, 0.29) is 15.3 Å². The van der Waals surface area contributed by atoms with Crippen molar-refractivity contribution in [2.24, 2.45) is 0 Å². The maximum atomic E-state index is 5.97. The fraction of sp³-hybridized carbons (Fsp3) is 0.444. The fourth-order valence-electron chi connectivity index (χ4n) is 2.71. The van der Waals surface area contributed by atoms with E-state index in [1.54, 1.807) is 0 Å². The van der Waals surface area contributed by atoms with Crippen molar-refractivity contribution in [1.82, 2.24) is 14.9 Å². The van der Waals surface area contributed by atoms with Crippen LogP contribution in [0.2, 0.25) is 15.3 Å². The molecule has 130 valence electrons. The summed E-state index contributed by atoms with van der Waals surface area (Å²) in [5.41, 5.74) is 2.14. The number of benzene rings is 1. The van der Waals surface area contributed by atoms with Gasteiger partial charge in [0.25, 0.3) is 0 Å². The summed E-state index contributed by atoms with van der Waals surface area (Å²) in [4.78, 5) is 10.8. The molecule has 3 nitrogen and oxygen atoms in total. The second-order valence-electron chi connectivity index (χ2n) is 6.32. The Hall–Kier alpha value is -0.870. The molecule has 0 atom stereocenters. The molecule has 0 aliphatic carbocycles. The summed E-state index contributed by atoms with van der Waals surface area (Å²) in [6.07, 6.45) is 1.000. The average molecular weight is 387 g/mol. The van der Waals surface area contributed by atoms with Crippen molar-refractivity contribution < 1.29 is 0 Å². The van der Waals surface area contributed by atoms with Gasteiger partial charge in [-0.05, 0) is 39.7 Å². The highest BCUT2D eigenvalue weighted by molar-refractivity contribution is 6.46. The second kappa shape index (κ2) is 8.48. The summed E-state index contributed by atoms with van der Waals surface area (Å²) in [5, 5.41) is 0.515. The van der Waals surface area contributed by atoms with Crippen LogP contribution in [-0.4, -0.2) is 33.5 Å². The third-order valence-electron chi connectivity index (χ3n) is 3.97. The van der Waals surface area contributed by atoms with Gasteiger partial charge in [-0.2, -0.15) is 0 Å². The van der Waals surface area contributed by atoms with E-state index >= 15 is 0 Å². The van der Waals surface area contributed by atoms with Crippen molar-refractivity contribution >= 4 is 34.8 Å². The van der Waals surface area contributed by atoms with Crippen molar-refractivity contribution in [3.63, 3.8) is 0 Å². The van der Waals surface area contributed by atoms with E-state index in [2.05, 4.69) is 54.7 Å². The van der Waals surface area contributed by atoms with Crippen LogP contribution in [0.5, 0.6) is 0 Å². The summed E-state index contributed by atoms with van der Waals surface area (Å²) < 4.78 is 0. The lowest BCUT2D eigenvalue weighted by Gasteiger charge is -2.30. The normalized spacial score (nSPS) is 11.8. The van der Waals surface area contributed by atoms with Gasteiger partial charge in [-0.25, -0.2) is 9.97 Å². The van der Waals surface area contributed by atoms with Gasteiger partial charge in [0.2, 0.25) is 0 Å². The molecule has 2 rings (SSSR count). The molecule has 0 unspecified atom stereocenters. The first-order valence-electron chi connectivity index (χ1n) is 8.03. The van der Waals surface area contributed by atoms with Crippen LogP contribution in [0.25, 0.3) is 11.4 Å². The summed E-state index contributed by atoms with van der Waals surface area (Å²) in [6, 6.07) is 9.23. The van der Waals surface area contributed by atoms with Crippen molar-refractivity contribution in [1.29, 1.82) is 0 Å². The smallest absolute Gasteiger partial charge is 0.162 e. The minimum Gasteiger partial charge on any atom is -0.298 e. The molecule has 0 saturated heterocycles. The van der Waals surface area contributed by atoms with E-state index in [1.807, 2.05) is 12.1 Å². The number of aromatic nitrogens is 2. The van der Waals surface area contributed by atoms with Crippen molar-refractivity contribution in [2.45, 2.75) is 46.2 Å². The van der Waals surface area contributed by atoms with Crippen LogP contribution in [0.1, 0.15) is 33.3 Å². The van der Waals surface area contributed by atoms with E-state index in [4.69, 9.17) is 34.8 Å². The maximum Gasteiger partial charge on any atom is 0.162 e. The predicted octanol–water partition coefficient (Wildman–Crippen LogP) is 5.77. The van der Waals surface area contributed by atoms with E-state index in [9.17, 15) is 0 Å². The third kappa shape index (κ3) is 4.82. The summed E-state index contributed by atoms with van der Waals surface area (Å²) >= 11 is 17.8. The predicted molar refractivity (Wildman–Crippen MR) is 103 cm³/mol. The van der Waals surface area contributed by atoms with Crippen LogP contribution in [0.4, 0.5) is 0 Å². The molecule has 0 spiro atoms. The topological polar surface area (TPSA) is 29.0 Å². The highest BCUT2D eigenvalue weighted by Crippen LogP contribution is 2.29. The minimum absolute atomic E-state index is 0.167. The number of hydrogen-bond acceptors (Lipinski definition) is 3. The van der Waals surface area contributed by atoms with Gasteiger partial charge in [-0.15, -0.1) is 0 Å². The Morgan fingerprint density at radius 3 is 1.83 bits per heavy atom. The summed E-state index contributed by atoms with van der Waals surface area (Å²) in [7, 11) is 0. The Kier molecular flexibility index (Phi) is 6.88. The molecule has 0 aliphatic heterocycles. The molecular weight excluding hydrogens is 365 g/mol. The molecule has 1 aromatic heterocycles. The van der Waals surface area contributed by atoms with Gasteiger partial charge in [0.05, 0.1) is 0 Å². The highest BCUT2D eigenvalue weighted by atomic mass is 35.5. The molecular formula is C18H22Cl3N3. The number of nitrogens with zero attached hydrogens (tertiary/aromatic N) is 3. The minimum atomic E-state index is 0.167. The molecule has 2 aromatic rings. The zero-order valence-electron chi connectivity index (χ0n) is 14.4. The van der Waals surface area contributed by atoms with Crippen LogP contribution in [0.3, 0.4) is 0 Å². The van der Waals surface area contributed by atoms with Crippen LogP contribution >= 0.6 is 34.8 Å². The Morgan fingerprint density at radius 1 is 0.875 bits per heavy atom. The number of halogens is 3. The molecule has 0 bridgehead atoms. The SMILES string of the molecule is CC(C)N(CCc1ccc(-c2nc(Cl)c(Cl)c(Cl)n2)cc1)C(C)C. The Balaban J connectivity index is 2.11. The van der Waals surface area contributed by atoms with E-state index in [1.165, 1.54) is 5.56 Å². The lowest BCUT2D eigenvalue weighted by Crippen LogP contribution is -2.38. The first-order chi connectivity index (χ1) is 11.3. The van der Waals surface area contributed by atoms with Crippen molar-refractivity contribution in [3.8, 4) is 11.4 Å². The standard InChI is InChI=1S/C18H22Cl3N3/c1-11(2)24(12(3)4)10-9-13-5-7-14(8-6-13)18-22-16(20)15(19)17(21)23-18/h5-8,11-12H,9-10H2,1-4H3. The average Bonchev–Trinajstić information content (AvgIpc) is 2.52. The van der Waals surface area contributed by atoms with Crippen molar-refractivity contribution in [2.75, 3.05) is 6.54 Å². The molecule has 0 amide bonds. The molecule has 6 heteroatoms. The van der Waals surface area contributed by atoms with E-state index in [0.717, 1.165) is 18.5 Å². The van der Waals surface area contributed by atoms with Crippen LogP contribution in [0.15, 0.2) is 24.3 Å². The lowest BCUT2D eigenvalue weighted by atomic mass is 10.1. The lowest BCUT2D eigenvalue weighted by molar-refractivity contribution is 0.177. The Bertz CT molecular complexity index is 653. The van der Waals surface area contributed by atoms with Gasteiger partial charge in [0, 0.05) is 24.2 Å². The Labute approximate surface area is 159 Å². The third-order valence-corrected chi connectivity index (χ3v) is 5.07. The Morgan fingerprint density at radius 2 is 1.38 bits per heavy atom. The highest BCUT2D eigenvalue weighted by Gasteiger charge is 2.13. The van der Waals surface area contributed by atoms with E-state index in [0.29, 0.717) is 17.9 Å². The van der Waals surface area contributed by atoms with Gasteiger partial charge < -0.3 is 0 Å². The quantitative estimate of drug-likeness (QED) is 0.590. The molecule has 0 saturated carbocycles. The van der Waals surface area contributed by atoms with Gasteiger partial charge in [0.1, 0.15) is 5.02 Å². The number of rotatable bonds is 6. The molecule has 24 heavy (non-hydrogen) atoms.